The molecular formula is C10H11ClN4O2. The highest BCUT2D eigenvalue weighted by Gasteiger charge is 2.10. The lowest BCUT2D eigenvalue weighted by Gasteiger charge is -2.04. The van der Waals surface area contributed by atoms with Crippen LogP contribution in [0.3, 0.4) is 0 Å². The molecule has 2 rings (SSSR count). The van der Waals surface area contributed by atoms with Crippen LogP contribution in [0, 0.1) is 13.8 Å². The maximum absolute atomic E-state index is 10.7. The molecule has 2 aromatic rings. The van der Waals surface area contributed by atoms with E-state index >= 15 is 0 Å². The number of hydrogen-bond acceptors (Lipinski definition) is 4. The number of aromatic nitrogens is 4. The van der Waals surface area contributed by atoms with E-state index in [9.17, 15) is 4.79 Å². The van der Waals surface area contributed by atoms with Gasteiger partial charge in [-0.1, -0.05) is 5.21 Å². The topological polar surface area (TPSA) is 80.9 Å². The smallest absolute Gasteiger partial charge is 0.358 e. The van der Waals surface area contributed by atoms with Gasteiger partial charge in [-0.3, -0.25) is 4.98 Å². The van der Waals surface area contributed by atoms with Crippen molar-refractivity contribution in [3.8, 4) is 5.69 Å². The molecular weight excluding hydrogens is 244 g/mol. The van der Waals surface area contributed by atoms with E-state index in [2.05, 4.69) is 15.3 Å². The first-order valence-electron chi connectivity index (χ1n) is 4.68. The third-order valence-corrected chi connectivity index (χ3v) is 2.16. The average Bonchev–Trinajstić information content (AvgIpc) is 2.66. The number of halogens is 1. The van der Waals surface area contributed by atoms with Gasteiger partial charge in [0.2, 0.25) is 0 Å². The second kappa shape index (κ2) is 4.92. The molecule has 7 heteroatoms. The van der Waals surface area contributed by atoms with Gasteiger partial charge < -0.3 is 5.11 Å². The van der Waals surface area contributed by atoms with E-state index in [-0.39, 0.29) is 18.1 Å². The molecule has 90 valence electrons. The first kappa shape index (κ1) is 13.1. The van der Waals surface area contributed by atoms with Gasteiger partial charge in [-0.25, -0.2) is 9.48 Å². The van der Waals surface area contributed by atoms with Gasteiger partial charge in [0.15, 0.2) is 5.69 Å². The summed E-state index contributed by atoms with van der Waals surface area (Å²) in [6.45, 7) is 3.73. The first-order chi connectivity index (χ1) is 7.58. The fraction of sp³-hybridized carbons (Fsp3) is 0.200. The largest absolute Gasteiger partial charge is 0.476 e. The Balaban J connectivity index is 0.00000144. The van der Waals surface area contributed by atoms with Crippen LogP contribution in [0.1, 0.15) is 21.9 Å². The molecule has 0 aliphatic rings. The van der Waals surface area contributed by atoms with Crippen molar-refractivity contribution in [1.82, 2.24) is 20.0 Å². The van der Waals surface area contributed by atoms with Gasteiger partial charge in [0.25, 0.3) is 0 Å². The van der Waals surface area contributed by atoms with Gasteiger partial charge in [-0.15, -0.1) is 17.5 Å². The quantitative estimate of drug-likeness (QED) is 0.876. The van der Waals surface area contributed by atoms with Crippen molar-refractivity contribution in [2.75, 3.05) is 0 Å². The Bertz CT molecular complexity index is 553. The Morgan fingerprint density at radius 2 is 2.06 bits per heavy atom. The summed E-state index contributed by atoms with van der Waals surface area (Å²) in [7, 11) is 0. The molecule has 0 bridgehead atoms. The lowest BCUT2D eigenvalue weighted by Crippen LogP contribution is -2.00. The van der Waals surface area contributed by atoms with E-state index in [1.54, 1.807) is 0 Å². The Morgan fingerprint density at radius 3 is 2.59 bits per heavy atom. The van der Waals surface area contributed by atoms with Crippen LogP contribution in [-0.4, -0.2) is 31.1 Å². The van der Waals surface area contributed by atoms with Crippen LogP contribution < -0.4 is 0 Å². The molecule has 2 aromatic heterocycles. The zero-order valence-corrected chi connectivity index (χ0v) is 10.1. The molecule has 0 aromatic carbocycles. The predicted octanol–water partition coefficient (Wildman–Crippen LogP) is 1.40. The number of aromatic carboxylic acids is 1. The number of carbonyl (C=O) groups is 1. The maximum atomic E-state index is 10.7. The third-order valence-electron chi connectivity index (χ3n) is 2.16. The van der Waals surface area contributed by atoms with Crippen LogP contribution in [0.4, 0.5) is 0 Å². The van der Waals surface area contributed by atoms with E-state index in [0.29, 0.717) is 0 Å². The number of carboxylic acid groups (broad SMARTS) is 1. The number of aryl methyl sites for hydroxylation is 2. The minimum absolute atomic E-state index is 0. The molecule has 0 saturated heterocycles. The molecule has 0 aliphatic carbocycles. The molecule has 0 fully saturated rings. The van der Waals surface area contributed by atoms with Crippen molar-refractivity contribution in [1.29, 1.82) is 0 Å². The molecule has 0 atom stereocenters. The van der Waals surface area contributed by atoms with Crippen LogP contribution in [0.5, 0.6) is 0 Å². The van der Waals surface area contributed by atoms with Crippen molar-refractivity contribution in [3.05, 3.63) is 35.4 Å². The molecule has 0 amide bonds. The van der Waals surface area contributed by atoms with Crippen LogP contribution >= 0.6 is 12.4 Å². The van der Waals surface area contributed by atoms with Crippen molar-refractivity contribution in [3.63, 3.8) is 0 Å². The Labute approximate surface area is 104 Å². The highest BCUT2D eigenvalue weighted by molar-refractivity contribution is 5.85. The van der Waals surface area contributed by atoms with Gasteiger partial charge in [-0.2, -0.15) is 0 Å². The van der Waals surface area contributed by atoms with Gasteiger partial charge in [-0.05, 0) is 26.0 Å². The average molecular weight is 255 g/mol. The SMILES string of the molecule is Cc1ccc(-n2cc(C(=O)O)nn2)c(C)n1.Cl. The van der Waals surface area contributed by atoms with Crippen LogP contribution in [-0.2, 0) is 0 Å². The number of pyridine rings is 1. The van der Waals surface area contributed by atoms with Gasteiger partial charge in [0.05, 0.1) is 17.6 Å². The summed E-state index contributed by atoms with van der Waals surface area (Å²) < 4.78 is 1.41. The van der Waals surface area contributed by atoms with Crippen molar-refractivity contribution >= 4 is 18.4 Å². The van der Waals surface area contributed by atoms with Crippen LogP contribution in [0.15, 0.2) is 18.3 Å². The van der Waals surface area contributed by atoms with Crippen LogP contribution in [0.25, 0.3) is 5.69 Å². The normalized spacial score (nSPS) is 9.76. The van der Waals surface area contributed by atoms with E-state index in [4.69, 9.17) is 5.11 Å². The Hall–Kier alpha value is -1.95. The fourth-order valence-corrected chi connectivity index (χ4v) is 1.40. The number of carboxylic acids is 1. The molecule has 6 nitrogen and oxygen atoms in total. The highest BCUT2D eigenvalue weighted by Crippen LogP contribution is 2.11. The number of hydrogen-bond donors (Lipinski definition) is 1. The predicted molar refractivity (Wildman–Crippen MR) is 62.8 cm³/mol. The first-order valence-corrected chi connectivity index (χ1v) is 4.68. The van der Waals surface area contributed by atoms with E-state index < -0.39 is 5.97 Å². The minimum atomic E-state index is -1.09. The molecule has 0 spiro atoms. The summed E-state index contributed by atoms with van der Waals surface area (Å²) in [4.78, 5) is 14.9. The standard InChI is InChI=1S/C10H10N4O2.ClH/c1-6-3-4-9(7(2)11-6)14-5-8(10(15)16)12-13-14;/h3-5H,1-2H3,(H,15,16);1H. The fourth-order valence-electron chi connectivity index (χ4n) is 1.40. The van der Waals surface area contributed by atoms with E-state index in [0.717, 1.165) is 17.1 Å². The van der Waals surface area contributed by atoms with E-state index in [1.165, 1.54) is 10.9 Å². The third kappa shape index (κ3) is 2.59. The second-order valence-corrected chi connectivity index (χ2v) is 3.41. The molecule has 0 radical (unpaired) electrons. The lowest BCUT2D eigenvalue weighted by molar-refractivity contribution is 0.0690. The molecule has 0 saturated carbocycles. The van der Waals surface area contributed by atoms with E-state index in [1.807, 2.05) is 26.0 Å². The zero-order chi connectivity index (χ0) is 11.7. The monoisotopic (exact) mass is 254 g/mol. The number of nitrogens with zero attached hydrogens (tertiary/aromatic N) is 4. The van der Waals surface area contributed by atoms with Crippen molar-refractivity contribution in [2.45, 2.75) is 13.8 Å². The summed E-state index contributed by atoms with van der Waals surface area (Å²) in [6, 6.07) is 3.67. The van der Waals surface area contributed by atoms with Crippen molar-refractivity contribution in [2.24, 2.45) is 0 Å². The molecule has 17 heavy (non-hydrogen) atoms. The second-order valence-electron chi connectivity index (χ2n) is 3.41. The summed E-state index contributed by atoms with van der Waals surface area (Å²) >= 11 is 0. The van der Waals surface area contributed by atoms with Crippen LogP contribution in [0.2, 0.25) is 0 Å². The summed E-state index contributed by atoms with van der Waals surface area (Å²) in [5, 5.41) is 16.0. The van der Waals surface area contributed by atoms with Crippen molar-refractivity contribution < 1.29 is 9.90 Å². The van der Waals surface area contributed by atoms with Gasteiger partial charge in [0, 0.05) is 5.69 Å². The molecule has 0 unspecified atom stereocenters. The lowest BCUT2D eigenvalue weighted by atomic mass is 10.3. The highest BCUT2D eigenvalue weighted by atomic mass is 35.5. The minimum Gasteiger partial charge on any atom is -0.476 e. The molecule has 0 aliphatic heterocycles. The van der Waals surface area contributed by atoms with Gasteiger partial charge >= 0.3 is 5.97 Å². The maximum Gasteiger partial charge on any atom is 0.358 e. The number of rotatable bonds is 2. The summed E-state index contributed by atoms with van der Waals surface area (Å²) in [6.07, 6.45) is 1.36. The zero-order valence-electron chi connectivity index (χ0n) is 9.28. The van der Waals surface area contributed by atoms with Gasteiger partial charge in [0.1, 0.15) is 0 Å². The Morgan fingerprint density at radius 1 is 1.35 bits per heavy atom. The Kier molecular flexibility index (Phi) is 3.80. The summed E-state index contributed by atoms with van der Waals surface area (Å²) in [5.41, 5.74) is 2.33. The summed E-state index contributed by atoms with van der Waals surface area (Å²) in [5.74, 6) is -1.09. The molecule has 1 N–H and O–H groups in total. The molecule has 2 heterocycles.